The standard InChI is InChI=1S/C17H22N4O2/c1-20(2)10-17(23)8-9-21(11-17)16(22)15-14(18-12-19-15)13-6-4-3-5-7-13/h3-7,12,23H,8-11H2,1-2H3,(H,18,19). The van der Waals surface area contributed by atoms with Gasteiger partial charge in [0, 0.05) is 18.7 Å². The highest BCUT2D eigenvalue weighted by molar-refractivity contribution is 5.98. The molecule has 23 heavy (non-hydrogen) atoms. The van der Waals surface area contributed by atoms with E-state index in [1.165, 1.54) is 6.33 Å². The van der Waals surface area contributed by atoms with Gasteiger partial charge in [0.2, 0.25) is 0 Å². The summed E-state index contributed by atoms with van der Waals surface area (Å²) in [5.74, 6) is -0.115. The zero-order chi connectivity index (χ0) is 16.4. The Morgan fingerprint density at radius 3 is 2.83 bits per heavy atom. The largest absolute Gasteiger partial charge is 0.387 e. The van der Waals surface area contributed by atoms with Gasteiger partial charge in [0.15, 0.2) is 0 Å². The molecular weight excluding hydrogens is 292 g/mol. The van der Waals surface area contributed by atoms with E-state index < -0.39 is 5.60 Å². The quantitative estimate of drug-likeness (QED) is 0.890. The van der Waals surface area contributed by atoms with Crippen molar-refractivity contribution in [1.29, 1.82) is 0 Å². The summed E-state index contributed by atoms with van der Waals surface area (Å²) in [6, 6.07) is 9.63. The fourth-order valence-corrected chi connectivity index (χ4v) is 3.18. The Labute approximate surface area is 135 Å². The predicted molar refractivity (Wildman–Crippen MR) is 88.0 cm³/mol. The first-order chi connectivity index (χ1) is 11.0. The molecule has 1 aromatic carbocycles. The second-order valence-electron chi connectivity index (χ2n) is 6.43. The van der Waals surface area contributed by atoms with E-state index in [2.05, 4.69) is 9.97 Å². The summed E-state index contributed by atoms with van der Waals surface area (Å²) in [5.41, 5.74) is 1.19. The van der Waals surface area contributed by atoms with E-state index in [1.807, 2.05) is 49.3 Å². The van der Waals surface area contributed by atoms with Gasteiger partial charge in [0.1, 0.15) is 11.4 Å². The van der Waals surface area contributed by atoms with Crippen molar-refractivity contribution >= 4 is 5.91 Å². The molecule has 1 unspecified atom stereocenters. The molecule has 6 nitrogen and oxygen atoms in total. The summed E-state index contributed by atoms with van der Waals surface area (Å²) in [7, 11) is 3.84. The second-order valence-corrected chi connectivity index (χ2v) is 6.43. The Bertz CT molecular complexity index is 683. The van der Waals surface area contributed by atoms with Crippen molar-refractivity contribution in [2.75, 3.05) is 33.7 Å². The van der Waals surface area contributed by atoms with E-state index >= 15 is 0 Å². The summed E-state index contributed by atoms with van der Waals surface area (Å²) < 4.78 is 0. The van der Waals surface area contributed by atoms with Gasteiger partial charge in [0.25, 0.3) is 5.91 Å². The number of imidazole rings is 1. The number of aliphatic hydroxyl groups is 1. The summed E-state index contributed by atoms with van der Waals surface area (Å²) >= 11 is 0. The Balaban J connectivity index is 1.79. The Hall–Kier alpha value is -2.18. The highest BCUT2D eigenvalue weighted by Crippen LogP contribution is 2.26. The highest BCUT2D eigenvalue weighted by atomic mass is 16.3. The first kappa shape index (κ1) is 15.7. The van der Waals surface area contributed by atoms with E-state index in [9.17, 15) is 9.90 Å². The van der Waals surface area contributed by atoms with E-state index in [0.717, 1.165) is 5.56 Å². The molecule has 0 bridgehead atoms. The Morgan fingerprint density at radius 1 is 1.39 bits per heavy atom. The first-order valence-electron chi connectivity index (χ1n) is 7.74. The predicted octanol–water partition coefficient (Wildman–Crippen LogP) is 1.22. The lowest BCUT2D eigenvalue weighted by atomic mass is 10.0. The van der Waals surface area contributed by atoms with Crippen LogP contribution in [0.15, 0.2) is 36.7 Å². The third kappa shape index (κ3) is 3.28. The van der Waals surface area contributed by atoms with Gasteiger partial charge in [-0.15, -0.1) is 0 Å². The molecule has 1 amide bonds. The van der Waals surface area contributed by atoms with Crippen molar-refractivity contribution in [1.82, 2.24) is 19.8 Å². The summed E-state index contributed by atoms with van der Waals surface area (Å²) in [5, 5.41) is 10.6. The number of nitrogens with zero attached hydrogens (tertiary/aromatic N) is 3. The Kier molecular flexibility index (Phi) is 4.19. The van der Waals surface area contributed by atoms with Crippen LogP contribution in [0.1, 0.15) is 16.9 Å². The SMILES string of the molecule is CN(C)CC1(O)CCN(C(=O)c2[nH]cnc2-c2ccccc2)C1. The van der Waals surface area contributed by atoms with Crippen LogP contribution >= 0.6 is 0 Å². The molecule has 0 aliphatic carbocycles. The van der Waals surface area contributed by atoms with E-state index in [-0.39, 0.29) is 5.91 Å². The second kappa shape index (κ2) is 6.14. The molecule has 6 heteroatoms. The number of hydrogen-bond donors (Lipinski definition) is 2. The molecule has 122 valence electrons. The number of likely N-dealkylation sites (tertiary alicyclic amines) is 1. The van der Waals surface area contributed by atoms with Gasteiger partial charge in [-0.3, -0.25) is 4.79 Å². The zero-order valence-electron chi connectivity index (χ0n) is 13.5. The molecule has 0 spiro atoms. The molecular formula is C17H22N4O2. The number of aromatic nitrogens is 2. The molecule has 1 atom stereocenters. The number of likely N-dealkylation sites (N-methyl/N-ethyl adjacent to an activating group) is 1. The molecule has 1 aliphatic heterocycles. The number of rotatable bonds is 4. The molecule has 1 fully saturated rings. The van der Waals surface area contributed by atoms with Crippen LogP contribution in [-0.4, -0.2) is 70.1 Å². The van der Waals surface area contributed by atoms with Gasteiger partial charge in [-0.2, -0.15) is 0 Å². The van der Waals surface area contributed by atoms with Gasteiger partial charge >= 0.3 is 0 Å². The van der Waals surface area contributed by atoms with Crippen molar-refractivity contribution in [3.63, 3.8) is 0 Å². The van der Waals surface area contributed by atoms with Crippen LogP contribution in [0, 0.1) is 0 Å². The minimum Gasteiger partial charge on any atom is -0.387 e. The lowest BCUT2D eigenvalue weighted by Crippen LogP contribution is -2.43. The average Bonchev–Trinajstić information content (AvgIpc) is 3.14. The molecule has 1 aliphatic rings. The van der Waals surface area contributed by atoms with Crippen LogP contribution in [0.3, 0.4) is 0 Å². The summed E-state index contributed by atoms with van der Waals surface area (Å²) in [6.45, 7) is 1.44. The number of nitrogens with one attached hydrogen (secondary N) is 1. The third-order valence-corrected chi connectivity index (χ3v) is 4.13. The van der Waals surface area contributed by atoms with Gasteiger partial charge in [-0.05, 0) is 20.5 Å². The van der Waals surface area contributed by atoms with Crippen molar-refractivity contribution in [3.8, 4) is 11.3 Å². The number of hydrogen-bond acceptors (Lipinski definition) is 4. The third-order valence-electron chi connectivity index (χ3n) is 4.13. The van der Waals surface area contributed by atoms with Gasteiger partial charge in [-0.25, -0.2) is 4.98 Å². The van der Waals surface area contributed by atoms with Crippen molar-refractivity contribution < 1.29 is 9.90 Å². The molecule has 1 saturated heterocycles. The molecule has 2 aromatic rings. The Morgan fingerprint density at radius 2 is 2.13 bits per heavy atom. The number of aromatic amines is 1. The maximum Gasteiger partial charge on any atom is 0.272 e. The molecule has 0 saturated carbocycles. The number of carbonyl (C=O) groups is 1. The van der Waals surface area contributed by atoms with Crippen molar-refractivity contribution in [3.05, 3.63) is 42.4 Å². The number of β-amino-alcohol motifs (C(OH)–C–C–N with tert-alkyl or cyclic N) is 1. The van der Waals surface area contributed by atoms with E-state index in [4.69, 9.17) is 0 Å². The van der Waals surface area contributed by atoms with Gasteiger partial charge in [-0.1, -0.05) is 30.3 Å². The lowest BCUT2D eigenvalue weighted by Gasteiger charge is -2.26. The summed E-state index contributed by atoms with van der Waals surface area (Å²) in [6.07, 6.45) is 2.13. The molecule has 0 radical (unpaired) electrons. The fourth-order valence-electron chi connectivity index (χ4n) is 3.18. The molecule has 2 heterocycles. The van der Waals surface area contributed by atoms with Gasteiger partial charge < -0.3 is 19.9 Å². The van der Waals surface area contributed by atoms with Gasteiger partial charge in [0.05, 0.1) is 18.5 Å². The number of H-pyrrole nitrogens is 1. The van der Waals surface area contributed by atoms with E-state index in [0.29, 0.717) is 37.4 Å². The number of amides is 1. The average molecular weight is 314 g/mol. The lowest BCUT2D eigenvalue weighted by molar-refractivity contribution is 0.0235. The van der Waals surface area contributed by atoms with Crippen molar-refractivity contribution in [2.24, 2.45) is 0 Å². The van der Waals surface area contributed by atoms with Crippen LogP contribution < -0.4 is 0 Å². The van der Waals surface area contributed by atoms with Crippen LogP contribution in [0.25, 0.3) is 11.3 Å². The van der Waals surface area contributed by atoms with Crippen LogP contribution in [0.5, 0.6) is 0 Å². The monoisotopic (exact) mass is 314 g/mol. The molecule has 1 aromatic heterocycles. The summed E-state index contributed by atoms with van der Waals surface area (Å²) in [4.78, 5) is 23.7. The number of carbonyl (C=O) groups excluding carboxylic acids is 1. The van der Waals surface area contributed by atoms with Crippen LogP contribution in [0.4, 0.5) is 0 Å². The maximum atomic E-state index is 12.8. The smallest absolute Gasteiger partial charge is 0.272 e. The van der Waals surface area contributed by atoms with E-state index in [1.54, 1.807) is 4.90 Å². The molecule has 2 N–H and O–H groups in total. The topological polar surface area (TPSA) is 72.5 Å². The normalized spacial score (nSPS) is 21.1. The maximum absolute atomic E-state index is 12.8. The zero-order valence-corrected chi connectivity index (χ0v) is 13.5. The first-order valence-corrected chi connectivity index (χ1v) is 7.74. The highest BCUT2D eigenvalue weighted by Gasteiger charge is 2.39. The minimum absolute atomic E-state index is 0.115. The fraction of sp³-hybridized carbons (Fsp3) is 0.412. The van der Waals surface area contributed by atoms with Crippen molar-refractivity contribution in [2.45, 2.75) is 12.0 Å². The van der Waals surface area contributed by atoms with Crippen LogP contribution in [0.2, 0.25) is 0 Å². The minimum atomic E-state index is -0.841. The van der Waals surface area contributed by atoms with Crippen LogP contribution in [-0.2, 0) is 0 Å². The number of benzene rings is 1. The molecule has 3 rings (SSSR count).